The molecule has 0 aliphatic heterocycles. The van der Waals surface area contributed by atoms with E-state index in [-0.39, 0.29) is 0 Å². The van der Waals surface area contributed by atoms with E-state index in [2.05, 4.69) is 20.9 Å². The maximum atomic E-state index is 10.2. The molecule has 0 radical (unpaired) electrons. The number of aliphatic hydroxyl groups excluding tert-OH is 1. The van der Waals surface area contributed by atoms with E-state index in [0.717, 1.165) is 14.2 Å². The molecule has 0 bridgehead atoms. The Morgan fingerprint density at radius 2 is 2.25 bits per heavy atom. The molecule has 0 saturated carbocycles. The van der Waals surface area contributed by atoms with Crippen molar-refractivity contribution in [2.75, 3.05) is 5.73 Å². The molecule has 3 nitrogen and oxygen atoms in total. The topological polar surface area (TPSA) is 59.1 Å². The lowest BCUT2D eigenvalue weighted by Gasteiger charge is -2.11. The number of pyridine rings is 1. The number of hydrogen-bond donors (Lipinski definition) is 2. The molecule has 0 fully saturated rings. The zero-order chi connectivity index (χ0) is 11.7. The first-order chi connectivity index (χ1) is 7.58. The van der Waals surface area contributed by atoms with Crippen LogP contribution in [-0.4, -0.2) is 10.1 Å². The highest BCUT2D eigenvalue weighted by Gasteiger charge is 2.16. The summed E-state index contributed by atoms with van der Waals surface area (Å²) in [7, 11) is 0. The first kappa shape index (κ1) is 11.6. The van der Waals surface area contributed by atoms with Gasteiger partial charge in [0.15, 0.2) is 0 Å². The summed E-state index contributed by atoms with van der Waals surface area (Å²) in [4.78, 5) is 4.90. The zero-order valence-electron chi connectivity index (χ0n) is 8.64. The maximum Gasteiger partial charge on any atom is 0.129 e. The first-order valence-corrected chi connectivity index (χ1v) is 6.34. The number of aromatic nitrogens is 1. The second-order valence-electron chi connectivity index (χ2n) is 3.53. The molecule has 0 saturated heterocycles. The number of aliphatic hydroxyl groups is 1. The zero-order valence-corrected chi connectivity index (χ0v) is 11.0. The molecule has 2 rings (SSSR count). The van der Waals surface area contributed by atoms with Gasteiger partial charge in [0.2, 0.25) is 0 Å². The monoisotopic (exact) mass is 298 g/mol. The van der Waals surface area contributed by atoms with Crippen molar-refractivity contribution >= 4 is 33.1 Å². The Balaban J connectivity index is 2.40. The fraction of sp³-hybridized carbons (Fsp3) is 0.182. The number of nitrogens with zero attached hydrogens (tertiary/aromatic N) is 1. The molecule has 5 heteroatoms. The Hall–Kier alpha value is -0.910. The SMILES string of the molecule is Cc1cnc(N)c(C(O)c2ccc(Br)s2)c1. The van der Waals surface area contributed by atoms with E-state index in [1.54, 1.807) is 6.20 Å². The minimum atomic E-state index is -0.705. The minimum Gasteiger partial charge on any atom is -0.383 e. The summed E-state index contributed by atoms with van der Waals surface area (Å²) in [5.41, 5.74) is 7.40. The van der Waals surface area contributed by atoms with Crippen LogP contribution >= 0.6 is 27.3 Å². The van der Waals surface area contributed by atoms with Crippen LogP contribution in [0, 0.1) is 6.92 Å². The van der Waals surface area contributed by atoms with Crippen LogP contribution in [0.4, 0.5) is 5.82 Å². The van der Waals surface area contributed by atoms with Gasteiger partial charge in [-0.2, -0.15) is 0 Å². The van der Waals surface area contributed by atoms with Crippen LogP contribution in [0.5, 0.6) is 0 Å². The van der Waals surface area contributed by atoms with Crippen LogP contribution in [0.25, 0.3) is 0 Å². The molecule has 1 unspecified atom stereocenters. The van der Waals surface area contributed by atoms with Crippen molar-refractivity contribution in [3.8, 4) is 0 Å². The van der Waals surface area contributed by atoms with Gasteiger partial charge in [-0.25, -0.2) is 4.98 Å². The number of thiophene rings is 1. The van der Waals surface area contributed by atoms with Crippen LogP contribution in [0.3, 0.4) is 0 Å². The lowest BCUT2D eigenvalue weighted by Crippen LogP contribution is -2.04. The average Bonchev–Trinajstić information content (AvgIpc) is 2.67. The molecule has 16 heavy (non-hydrogen) atoms. The van der Waals surface area contributed by atoms with E-state index in [1.807, 2.05) is 25.1 Å². The summed E-state index contributed by atoms with van der Waals surface area (Å²) in [6.45, 7) is 1.92. The van der Waals surface area contributed by atoms with Crippen molar-refractivity contribution < 1.29 is 5.11 Å². The van der Waals surface area contributed by atoms with Gasteiger partial charge >= 0.3 is 0 Å². The summed E-state index contributed by atoms with van der Waals surface area (Å²) in [5, 5.41) is 10.2. The number of nitrogens with two attached hydrogens (primary N) is 1. The molecule has 84 valence electrons. The molecule has 1 atom stereocenters. The molecule has 2 aromatic rings. The molecule has 0 spiro atoms. The third-order valence-electron chi connectivity index (χ3n) is 2.24. The fourth-order valence-electron chi connectivity index (χ4n) is 1.45. The maximum absolute atomic E-state index is 10.2. The van der Waals surface area contributed by atoms with Crippen LogP contribution in [0.15, 0.2) is 28.2 Å². The molecule has 0 amide bonds. The van der Waals surface area contributed by atoms with Gasteiger partial charge in [-0.3, -0.25) is 0 Å². The number of aryl methyl sites for hydroxylation is 1. The molecule has 3 N–H and O–H groups in total. The summed E-state index contributed by atoms with van der Waals surface area (Å²) in [5.74, 6) is 0.377. The highest BCUT2D eigenvalue weighted by atomic mass is 79.9. The lowest BCUT2D eigenvalue weighted by molar-refractivity contribution is 0.224. The van der Waals surface area contributed by atoms with E-state index < -0.39 is 6.10 Å². The van der Waals surface area contributed by atoms with Crippen molar-refractivity contribution in [1.82, 2.24) is 4.98 Å². The van der Waals surface area contributed by atoms with Crippen molar-refractivity contribution in [2.24, 2.45) is 0 Å². The quantitative estimate of drug-likeness (QED) is 0.896. The van der Waals surface area contributed by atoms with Crippen molar-refractivity contribution in [3.63, 3.8) is 0 Å². The van der Waals surface area contributed by atoms with E-state index in [4.69, 9.17) is 5.73 Å². The predicted molar refractivity (Wildman–Crippen MR) is 69.5 cm³/mol. The lowest BCUT2D eigenvalue weighted by atomic mass is 10.1. The molecule has 2 heterocycles. The Morgan fingerprint density at radius 1 is 1.50 bits per heavy atom. The smallest absolute Gasteiger partial charge is 0.129 e. The minimum absolute atomic E-state index is 0.377. The van der Waals surface area contributed by atoms with Crippen molar-refractivity contribution in [2.45, 2.75) is 13.0 Å². The molecule has 0 aliphatic carbocycles. The number of rotatable bonds is 2. The third kappa shape index (κ3) is 2.26. The Bertz CT molecular complexity index is 512. The van der Waals surface area contributed by atoms with E-state index in [0.29, 0.717) is 11.4 Å². The summed E-state index contributed by atoms with van der Waals surface area (Å²) >= 11 is 4.86. The van der Waals surface area contributed by atoms with Crippen molar-refractivity contribution in [3.05, 3.63) is 44.2 Å². The molecular formula is C11H11BrN2OS. The number of anilines is 1. The van der Waals surface area contributed by atoms with Gasteiger partial charge in [-0.1, -0.05) is 0 Å². The Labute approximate surface area is 106 Å². The van der Waals surface area contributed by atoms with Crippen LogP contribution < -0.4 is 5.73 Å². The van der Waals surface area contributed by atoms with Gasteiger partial charge in [0, 0.05) is 16.6 Å². The van der Waals surface area contributed by atoms with E-state index in [1.165, 1.54) is 11.3 Å². The molecular weight excluding hydrogens is 288 g/mol. The Morgan fingerprint density at radius 3 is 2.88 bits per heavy atom. The van der Waals surface area contributed by atoms with Gasteiger partial charge < -0.3 is 10.8 Å². The average molecular weight is 299 g/mol. The largest absolute Gasteiger partial charge is 0.383 e. The van der Waals surface area contributed by atoms with Crippen LogP contribution in [-0.2, 0) is 0 Å². The highest BCUT2D eigenvalue weighted by molar-refractivity contribution is 9.11. The predicted octanol–water partition coefficient (Wildman–Crippen LogP) is 2.88. The van der Waals surface area contributed by atoms with Crippen LogP contribution in [0.2, 0.25) is 0 Å². The highest BCUT2D eigenvalue weighted by Crippen LogP contribution is 2.33. The molecule has 2 aromatic heterocycles. The fourth-order valence-corrected chi connectivity index (χ4v) is 2.88. The van der Waals surface area contributed by atoms with Gasteiger partial charge in [0.25, 0.3) is 0 Å². The number of hydrogen-bond acceptors (Lipinski definition) is 4. The summed E-state index contributed by atoms with van der Waals surface area (Å²) in [6.07, 6.45) is 0.985. The second-order valence-corrected chi connectivity index (χ2v) is 6.03. The second kappa shape index (κ2) is 4.53. The van der Waals surface area contributed by atoms with Gasteiger partial charge in [-0.15, -0.1) is 11.3 Å². The molecule has 0 aromatic carbocycles. The van der Waals surface area contributed by atoms with E-state index in [9.17, 15) is 5.11 Å². The standard InChI is InChI=1S/C11H11BrN2OS/c1-6-4-7(11(13)14-5-6)10(15)8-2-3-9(12)16-8/h2-5,10,15H,1H3,(H2,13,14). The number of halogens is 1. The first-order valence-electron chi connectivity index (χ1n) is 4.73. The van der Waals surface area contributed by atoms with Crippen LogP contribution in [0.1, 0.15) is 22.1 Å². The third-order valence-corrected chi connectivity index (χ3v) is 3.92. The normalized spacial score (nSPS) is 12.7. The van der Waals surface area contributed by atoms with E-state index >= 15 is 0 Å². The van der Waals surface area contributed by atoms with Gasteiger partial charge in [0.05, 0.1) is 3.79 Å². The van der Waals surface area contributed by atoms with Gasteiger partial charge in [0.1, 0.15) is 11.9 Å². The summed E-state index contributed by atoms with van der Waals surface area (Å²) < 4.78 is 0.987. The summed E-state index contributed by atoms with van der Waals surface area (Å²) in [6, 6.07) is 5.64. The number of nitrogen functional groups attached to an aromatic ring is 1. The van der Waals surface area contributed by atoms with Gasteiger partial charge in [-0.05, 0) is 46.6 Å². The molecule has 0 aliphatic rings. The van der Waals surface area contributed by atoms with Crippen molar-refractivity contribution in [1.29, 1.82) is 0 Å². The Kier molecular flexibility index (Phi) is 3.28.